The van der Waals surface area contributed by atoms with Crippen molar-refractivity contribution in [2.24, 2.45) is 0 Å². The maximum atomic E-state index is 11.8. The lowest BCUT2D eigenvalue weighted by molar-refractivity contribution is -0.131. The predicted octanol–water partition coefficient (Wildman–Crippen LogP) is 1.78. The fourth-order valence-corrected chi connectivity index (χ4v) is 3.72. The zero-order valence-electron chi connectivity index (χ0n) is 16.4. The van der Waals surface area contributed by atoms with Crippen LogP contribution in [0.1, 0.15) is 13.8 Å². The minimum atomic E-state index is 0.0851. The Morgan fingerprint density at radius 2 is 2.04 bits per heavy atom. The number of benzene rings is 1. The first-order chi connectivity index (χ1) is 13.5. The Hall–Kier alpha value is -3.00. The summed E-state index contributed by atoms with van der Waals surface area (Å²) in [6.07, 6.45) is 3.53. The van der Waals surface area contributed by atoms with Crippen molar-refractivity contribution in [1.29, 1.82) is 0 Å². The van der Waals surface area contributed by atoms with Gasteiger partial charge in [-0.3, -0.25) is 14.3 Å². The normalized spacial score (nSPS) is 19.0. The number of imidazole rings is 1. The third kappa shape index (κ3) is 3.55. The van der Waals surface area contributed by atoms with Gasteiger partial charge in [0.1, 0.15) is 12.1 Å². The summed E-state index contributed by atoms with van der Waals surface area (Å²) in [6.45, 7) is 6.06. The molecule has 1 aromatic carbocycles. The van der Waals surface area contributed by atoms with Gasteiger partial charge in [-0.1, -0.05) is 12.1 Å². The molecule has 3 heterocycles. The van der Waals surface area contributed by atoms with Gasteiger partial charge < -0.3 is 10.2 Å². The summed E-state index contributed by atoms with van der Waals surface area (Å²) < 4.78 is 1.96. The van der Waals surface area contributed by atoms with Crippen LogP contribution in [0.25, 0.3) is 16.9 Å². The number of hydrogen-bond acceptors (Lipinski definition) is 6. The minimum absolute atomic E-state index is 0.0851. The number of fused-ring (bicyclic) bond motifs is 1. The fourth-order valence-electron chi connectivity index (χ4n) is 3.72. The van der Waals surface area contributed by atoms with E-state index < -0.39 is 0 Å². The first-order valence-electron chi connectivity index (χ1n) is 9.51. The molecule has 1 amide bonds. The van der Waals surface area contributed by atoms with Crippen LogP contribution in [-0.2, 0) is 4.79 Å². The number of rotatable bonds is 4. The third-order valence-corrected chi connectivity index (χ3v) is 5.42. The lowest BCUT2D eigenvalue weighted by Gasteiger charge is -2.42. The van der Waals surface area contributed by atoms with Gasteiger partial charge in [0, 0.05) is 44.8 Å². The van der Waals surface area contributed by atoms with Gasteiger partial charge in [0.05, 0.1) is 11.0 Å². The molecule has 146 valence electrons. The van der Waals surface area contributed by atoms with Gasteiger partial charge in [0.15, 0.2) is 0 Å². The van der Waals surface area contributed by atoms with Gasteiger partial charge in [-0.15, -0.1) is 0 Å². The van der Waals surface area contributed by atoms with E-state index in [4.69, 9.17) is 0 Å². The molecule has 4 rings (SSSR count). The van der Waals surface area contributed by atoms with E-state index in [9.17, 15) is 4.79 Å². The minimum Gasteiger partial charge on any atom is -0.350 e. The lowest BCUT2D eigenvalue weighted by atomic mass is 10.1. The Bertz CT molecular complexity index is 985. The van der Waals surface area contributed by atoms with E-state index >= 15 is 0 Å². The Morgan fingerprint density at radius 3 is 2.86 bits per heavy atom. The molecule has 0 aliphatic carbocycles. The van der Waals surface area contributed by atoms with Crippen LogP contribution in [0.4, 0.5) is 5.95 Å². The highest BCUT2D eigenvalue weighted by Crippen LogP contribution is 2.18. The molecule has 0 radical (unpaired) electrons. The van der Waals surface area contributed by atoms with Crippen LogP contribution >= 0.6 is 0 Å². The van der Waals surface area contributed by atoms with E-state index in [1.807, 2.05) is 39.8 Å². The van der Waals surface area contributed by atoms with Crippen molar-refractivity contribution in [1.82, 2.24) is 29.3 Å². The molecule has 2 atom stereocenters. The van der Waals surface area contributed by atoms with E-state index in [2.05, 4.69) is 39.1 Å². The van der Waals surface area contributed by atoms with Crippen LogP contribution in [0.3, 0.4) is 0 Å². The summed E-state index contributed by atoms with van der Waals surface area (Å²) >= 11 is 0. The number of anilines is 1. The van der Waals surface area contributed by atoms with Gasteiger partial charge in [-0.05, 0) is 32.2 Å². The standard InChI is InChI=1S/C20H25N7O/c1-14(18-12-26(15(2)28)11-10-25(18)3)23-20-21-9-8-19(24-20)27-13-22-16-6-4-5-7-17(16)27/h4-9,13-14,18H,10-12H2,1-3H3,(H,21,23,24). The number of carbonyl (C=O) groups excluding carboxylic acids is 1. The summed E-state index contributed by atoms with van der Waals surface area (Å²) in [4.78, 5) is 29.5. The molecule has 0 bridgehead atoms. The van der Waals surface area contributed by atoms with Crippen LogP contribution in [0.2, 0.25) is 0 Å². The molecule has 1 aliphatic rings. The fraction of sp³-hybridized carbons (Fsp3) is 0.400. The van der Waals surface area contributed by atoms with Crippen molar-refractivity contribution in [3.63, 3.8) is 0 Å². The van der Waals surface area contributed by atoms with Crippen LogP contribution < -0.4 is 5.32 Å². The van der Waals surface area contributed by atoms with E-state index in [-0.39, 0.29) is 18.0 Å². The van der Waals surface area contributed by atoms with E-state index in [0.29, 0.717) is 12.5 Å². The second-order valence-corrected chi connectivity index (χ2v) is 7.29. The first-order valence-corrected chi connectivity index (χ1v) is 9.51. The molecule has 0 saturated carbocycles. The van der Waals surface area contributed by atoms with Crippen molar-refractivity contribution in [2.45, 2.75) is 25.9 Å². The van der Waals surface area contributed by atoms with Crippen LogP contribution in [0, 0.1) is 0 Å². The number of para-hydroxylation sites is 2. The molecule has 8 heteroatoms. The van der Waals surface area contributed by atoms with Crippen molar-refractivity contribution in [3.8, 4) is 5.82 Å². The summed E-state index contributed by atoms with van der Waals surface area (Å²) in [5.74, 6) is 1.45. The molecule has 1 aliphatic heterocycles. The highest BCUT2D eigenvalue weighted by molar-refractivity contribution is 5.76. The molecule has 1 fully saturated rings. The van der Waals surface area contributed by atoms with Gasteiger partial charge in [0.25, 0.3) is 0 Å². The van der Waals surface area contributed by atoms with Gasteiger partial charge >= 0.3 is 0 Å². The zero-order valence-corrected chi connectivity index (χ0v) is 16.4. The first kappa shape index (κ1) is 18.4. The van der Waals surface area contributed by atoms with Gasteiger partial charge in [-0.25, -0.2) is 9.97 Å². The topological polar surface area (TPSA) is 79.2 Å². The molecule has 28 heavy (non-hydrogen) atoms. The monoisotopic (exact) mass is 379 g/mol. The summed E-state index contributed by atoms with van der Waals surface area (Å²) in [5.41, 5.74) is 1.93. The van der Waals surface area contributed by atoms with Crippen LogP contribution in [0.15, 0.2) is 42.9 Å². The highest BCUT2D eigenvalue weighted by Gasteiger charge is 2.30. The number of nitrogens with zero attached hydrogens (tertiary/aromatic N) is 6. The Balaban J connectivity index is 1.54. The largest absolute Gasteiger partial charge is 0.350 e. The molecule has 3 aromatic rings. The van der Waals surface area contributed by atoms with Gasteiger partial charge in [-0.2, -0.15) is 4.98 Å². The maximum absolute atomic E-state index is 11.8. The van der Waals surface area contributed by atoms with E-state index in [1.54, 1.807) is 19.4 Å². The Labute approximate surface area is 164 Å². The number of aromatic nitrogens is 4. The van der Waals surface area contributed by atoms with Crippen molar-refractivity contribution in [3.05, 3.63) is 42.9 Å². The molecule has 1 saturated heterocycles. The number of piperazine rings is 1. The average molecular weight is 379 g/mol. The number of amides is 1. The smallest absolute Gasteiger partial charge is 0.224 e. The molecular formula is C20H25N7O. The molecule has 0 spiro atoms. The average Bonchev–Trinajstić information content (AvgIpc) is 3.12. The Kier molecular flexibility index (Phi) is 4.95. The molecule has 1 N–H and O–H groups in total. The number of hydrogen-bond donors (Lipinski definition) is 1. The summed E-state index contributed by atoms with van der Waals surface area (Å²) in [5, 5.41) is 3.42. The Morgan fingerprint density at radius 1 is 1.21 bits per heavy atom. The number of likely N-dealkylation sites (N-methyl/N-ethyl adjacent to an activating group) is 1. The summed E-state index contributed by atoms with van der Waals surface area (Å²) in [6, 6.07) is 10.1. The third-order valence-electron chi connectivity index (χ3n) is 5.42. The zero-order chi connectivity index (χ0) is 19.7. The maximum Gasteiger partial charge on any atom is 0.224 e. The van der Waals surface area contributed by atoms with Crippen molar-refractivity contribution < 1.29 is 4.79 Å². The lowest BCUT2D eigenvalue weighted by Crippen LogP contribution is -2.58. The van der Waals surface area contributed by atoms with Crippen LogP contribution in [-0.4, -0.2) is 74.0 Å². The number of carbonyl (C=O) groups is 1. The molecule has 8 nitrogen and oxygen atoms in total. The molecular weight excluding hydrogens is 354 g/mol. The summed E-state index contributed by atoms with van der Waals surface area (Å²) in [7, 11) is 2.09. The predicted molar refractivity (Wildman–Crippen MR) is 108 cm³/mol. The molecule has 2 unspecified atom stereocenters. The van der Waals surface area contributed by atoms with Gasteiger partial charge in [0.2, 0.25) is 11.9 Å². The molecule has 2 aromatic heterocycles. The quantitative estimate of drug-likeness (QED) is 0.744. The second-order valence-electron chi connectivity index (χ2n) is 7.29. The van der Waals surface area contributed by atoms with E-state index in [1.165, 1.54) is 0 Å². The highest BCUT2D eigenvalue weighted by atomic mass is 16.2. The van der Waals surface area contributed by atoms with E-state index in [0.717, 1.165) is 29.9 Å². The van der Waals surface area contributed by atoms with Crippen LogP contribution in [0.5, 0.6) is 0 Å². The van der Waals surface area contributed by atoms with Crippen molar-refractivity contribution in [2.75, 3.05) is 32.0 Å². The van der Waals surface area contributed by atoms with Crippen molar-refractivity contribution >= 4 is 22.9 Å². The number of nitrogens with one attached hydrogen (secondary N) is 1. The second kappa shape index (κ2) is 7.55. The SMILES string of the molecule is CC(=O)N1CCN(C)C(C(C)Nc2nccc(-n3cnc4ccccc43)n2)C1.